The van der Waals surface area contributed by atoms with Gasteiger partial charge in [-0.25, -0.2) is 4.79 Å². The van der Waals surface area contributed by atoms with E-state index in [2.05, 4.69) is 5.32 Å². The van der Waals surface area contributed by atoms with E-state index in [1.807, 2.05) is 30.3 Å². The minimum atomic E-state index is -0.392. The van der Waals surface area contributed by atoms with Crippen molar-refractivity contribution >= 4 is 6.09 Å². The second kappa shape index (κ2) is 7.14. The van der Waals surface area contributed by atoms with Crippen LogP contribution in [0.4, 0.5) is 4.79 Å². The Bertz CT molecular complexity index is 394. The van der Waals surface area contributed by atoms with Crippen LogP contribution >= 0.6 is 0 Å². The fraction of sp³-hybridized carbons (Fsp3) is 0.533. The highest BCUT2D eigenvalue weighted by molar-refractivity contribution is 5.67. The number of carbonyl (C=O) groups excluding carboxylic acids is 1. The van der Waals surface area contributed by atoms with Crippen molar-refractivity contribution in [2.24, 2.45) is 5.92 Å². The van der Waals surface area contributed by atoms with Crippen LogP contribution < -0.4 is 5.32 Å². The summed E-state index contributed by atoms with van der Waals surface area (Å²) in [7, 11) is 0. The Labute approximate surface area is 113 Å². The van der Waals surface area contributed by atoms with Crippen molar-refractivity contribution in [1.82, 2.24) is 5.32 Å². The fourth-order valence-corrected chi connectivity index (χ4v) is 2.49. The van der Waals surface area contributed by atoms with E-state index >= 15 is 0 Å². The van der Waals surface area contributed by atoms with E-state index in [4.69, 9.17) is 4.74 Å². The molecule has 0 spiro atoms. The lowest BCUT2D eigenvalue weighted by molar-refractivity contribution is 0.122. The molecule has 4 nitrogen and oxygen atoms in total. The Balaban J connectivity index is 1.60. The van der Waals surface area contributed by atoms with Gasteiger partial charge in [-0.05, 0) is 30.7 Å². The van der Waals surface area contributed by atoms with E-state index in [0.29, 0.717) is 19.1 Å². The van der Waals surface area contributed by atoms with Gasteiger partial charge in [0.05, 0.1) is 6.10 Å². The third-order valence-corrected chi connectivity index (χ3v) is 3.62. The number of rotatable bonds is 5. The minimum Gasteiger partial charge on any atom is -0.445 e. The molecule has 1 aliphatic rings. The lowest BCUT2D eigenvalue weighted by Gasteiger charge is -2.14. The van der Waals surface area contributed by atoms with Crippen LogP contribution in [-0.4, -0.2) is 23.8 Å². The van der Waals surface area contributed by atoms with E-state index in [1.54, 1.807) is 0 Å². The Morgan fingerprint density at radius 3 is 2.79 bits per heavy atom. The van der Waals surface area contributed by atoms with Crippen LogP contribution in [0.2, 0.25) is 0 Å². The molecule has 0 radical (unpaired) electrons. The molecule has 4 heteroatoms. The maximum atomic E-state index is 11.5. The molecule has 1 aromatic carbocycles. The monoisotopic (exact) mass is 263 g/mol. The molecule has 104 valence electrons. The van der Waals surface area contributed by atoms with Crippen LogP contribution in [-0.2, 0) is 11.3 Å². The summed E-state index contributed by atoms with van der Waals surface area (Å²) < 4.78 is 5.11. The first-order chi connectivity index (χ1) is 9.25. The number of nitrogens with one attached hydrogen (secondary N) is 1. The highest BCUT2D eigenvalue weighted by atomic mass is 16.5. The molecule has 1 amide bonds. The molecule has 0 unspecified atom stereocenters. The molecule has 0 aliphatic heterocycles. The van der Waals surface area contributed by atoms with Gasteiger partial charge in [0.25, 0.3) is 0 Å². The van der Waals surface area contributed by atoms with Gasteiger partial charge >= 0.3 is 6.09 Å². The van der Waals surface area contributed by atoms with E-state index in [1.165, 1.54) is 0 Å². The first-order valence-corrected chi connectivity index (χ1v) is 6.88. The number of aliphatic hydroxyl groups is 1. The van der Waals surface area contributed by atoms with Crippen LogP contribution in [0.15, 0.2) is 30.3 Å². The summed E-state index contributed by atoms with van der Waals surface area (Å²) in [5.41, 5.74) is 0.976. The van der Waals surface area contributed by atoms with E-state index in [0.717, 1.165) is 31.2 Å². The molecule has 0 bridgehead atoms. The zero-order chi connectivity index (χ0) is 13.5. The molecule has 2 rings (SSSR count). The third-order valence-electron chi connectivity index (χ3n) is 3.62. The number of benzene rings is 1. The lowest BCUT2D eigenvalue weighted by Crippen LogP contribution is -2.28. The quantitative estimate of drug-likeness (QED) is 0.858. The van der Waals surface area contributed by atoms with Gasteiger partial charge in [0.2, 0.25) is 0 Å². The van der Waals surface area contributed by atoms with Crippen LogP contribution in [0.1, 0.15) is 31.2 Å². The largest absolute Gasteiger partial charge is 0.445 e. The number of carbonyl (C=O) groups is 1. The Morgan fingerprint density at radius 2 is 2.11 bits per heavy atom. The molecule has 19 heavy (non-hydrogen) atoms. The summed E-state index contributed by atoms with van der Waals surface area (Å²) in [6, 6.07) is 9.59. The van der Waals surface area contributed by atoms with E-state index in [-0.39, 0.29) is 6.10 Å². The lowest BCUT2D eigenvalue weighted by atomic mass is 10.0. The first kappa shape index (κ1) is 13.9. The SMILES string of the molecule is O=C(NCC[C@H]1CCC[C@H]1O)OCc1ccccc1. The van der Waals surface area contributed by atoms with Crippen molar-refractivity contribution in [1.29, 1.82) is 0 Å². The van der Waals surface area contributed by atoms with Crippen LogP contribution in [0.5, 0.6) is 0 Å². The van der Waals surface area contributed by atoms with Gasteiger partial charge < -0.3 is 15.2 Å². The fourth-order valence-electron chi connectivity index (χ4n) is 2.49. The molecule has 0 saturated heterocycles. The van der Waals surface area contributed by atoms with Gasteiger partial charge in [-0.1, -0.05) is 36.8 Å². The molecule has 1 aliphatic carbocycles. The number of ether oxygens (including phenoxy) is 1. The van der Waals surface area contributed by atoms with Crippen LogP contribution in [0, 0.1) is 5.92 Å². The van der Waals surface area contributed by atoms with Gasteiger partial charge in [-0.3, -0.25) is 0 Å². The summed E-state index contributed by atoms with van der Waals surface area (Å²) in [5, 5.41) is 12.4. The molecule has 1 saturated carbocycles. The summed E-state index contributed by atoms with van der Waals surface area (Å²) >= 11 is 0. The van der Waals surface area contributed by atoms with Gasteiger partial charge in [0.1, 0.15) is 6.61 Å². The smallest absolute Gasteiger partial charge is 0.407 e. The predicted octanol–water partition coefficient (Wildman–Crippen LogP) is 2.46. The third kappa shape index (κ3) is 4.56. The maximum absolute atomic E-state index is 11.5. The number of hydrogen-bond acceptors (Lipinski definition) is 3. The molecule has 2 N–H and O–H groups in total. The highest BCUT2D eigenvalue weighted by Crippen LogP contribution is 2.27. The second-order valence-electron chi connectivity index (χ2n) is 5.04. The van der Waals surface area contributed by atoms with Gasteiger partial charge in [0.15, 0.2) is 0 Å². The van der Waals surface area contributed by atoms with Crippen LogP contribution in [0.3, 0.4) is 0 Å². The highest BCUT2D eigenvalue weighted by Gasteiger charge is 2.24. The van der Waals surface area contributed by atoms with E-state index < -0.39 is 6.09 Å². The number of hydrogen-bond donors (Lipinski definition) is 2. The Hall–Kier alpha value is -1.55. The Kier molecular flexibility index (Phi) is 5.21. The summed E-state index contributed by atoms with van der Waals surface area (Å²) in [5.74, 6) is 0.328. The zero-order valence-corrected chi connectivity index (χ0v) is 11.0. The van der Waals surface area contributed by atoms with Crippen molar-refractivity contribution < 1.29 is 14.6 Å². The molecule has 0 heterocycles. The number of alkyl carbamates (subject to hydrolysis) is 1. The standard InChI is InChI=1S/C15H21NO3/c17-14-8-4-7-13(14)9-10-16-15(18)19-11-12-5-2-1-3-6-12/h1-3,5-6,13-14,17H,4,7-11H2,(H,16,18)/t13-,14-/m1/s1. The van der Waals surface area contributed by atoms with Gasteiger partial charge in [0, 0.05) is 6.54 Å². The summed E-state index contributed by atoms with van der Waals surface area (Å²) in [6.45, 7) is 0.855. The maximum Gasteiger partial charge on any atom is 0.407 e. The molecule has 2 atom stereocenters. The normalized spacial score (nSPS) is 22.2. The number of amides is 1. The van der Waals surface area contributed by atoms with E-state index in [9.17, 15) is 9.90 Å². The van der Waals surface area contributed by atoms with Gasteiger partial charge in [-0.2, -0.15) is 0 Å². The zero-order valence-electron chi connectivity index (χ0n) is 11.0. The molecule has 0 aromatic heterocycles. The second-order valence-corrected chi connectivity index (χ2v) is 5.04. The topological polar surface area (TPSA) is 58.6 Å². The molecule has 1 aromatic rings. The molecular weight excluding hydrogens is 242 g/mol. The van der Waals surface area contributed by atoms with Crippen molar-refractivity contribution in [3.05, 3.63) is 35.9 Å². The first-order valence-electron chi connectivity index (χ1n) is 6.88. The van der Waals surface area contributed by atoms with Crippen LogP contribution in [0.25, 0.3) is 0 Å². The van der Waals surface area contributed by atoms with Crippen molar-refractivity contribution in [2.75, 3.05) is 6.54 Å². The summed E-state index contributed by atoms with van der Waals surface area (Å²) in [6.07, 6.45) is 3.27. The van der Waals surface area contributed by atoms with Crippen molar-refractivity contribution in [3.8, 4) is 0 Å². The van der Waals surface area contributed by atoms with Gasteiger partial charge in [-0.15, -0.1) is 0 Å². The average Bonchev–Trinajstić information content (AvgIpc) is 2.83. The van der Waals surface area contributed by atoms with Crippen molar-refractivity contribution in [3.63, 3.8) is 0 Å². The molecular formula is C15H21NO3. The minimum absolute atomic E-state index is 0.192. The van der Waals surface area contributed by atoms with Crippen molar-refractivity contribution in [2.45, 2.75) is 38.4 Å². The molecule has 1 fully saturated rings. The predicted molar refractivity (Wildman–Crippen MR) is 72.6 cm³/mol. The summed E-state index contributed by atoms with van der Waals surface area (Å²) in [4.78, 5) is 11.5. The Morgan fingerprint density at radius 1 is 1.32 bits per heavy atom. The average molecular weight is 263 g/mol. The number of aliphatic hydroxyl groups excluding tert-OH is 1.